The summed E-state index contributed by atoms with van der Waals surface area (Å²) in [5.74, 6) is 1.71. The van der Waals surface area contributed by atoms with Crippen LogP contribution in [0.4, 0.5) is 0 Å². The molecule has 0 bridgehead atoms. The molecule has 5 nitrogen and oxygen atoms in total. The highest BCUT2D eigenvalue weighted by atomic mass is 16.3. The van der Waals surface area contributed by atoms with Crippen LogP contribution in [-0.2, 0) is 6.54 Å². The molecule has 0 saturated heterocycles. The van der Waals surface area contributed by atoms with Gasteiger partial charge in [-0.2, -0.15) is 5.10 Å². The van der Waals surface area contributed by atoms with E-state index in [-0.39, 0.29) is 0 Å². The topological polar surface area (TPSA) is 58.8 Å². The van der Waals surface area contributed by atoms with E-state index in [1.165, 1.54) is 11.4 Å². The molecule has 2 N–H and O–H groups in total. The van der Waals surface area contributed by atoms with E-state index in [1.807, 2.05) is 25.3 Å². The molecule has 0 radical (unpaired) electrons. The van der Waals surface area contributed by atoms with Crippen LogP contribution < -0.4 is 5.43 Å². The predicted octanol–water partition coefficient (Wildman–Crippen LogP) is 3.14. The average molecular weight is 270 g/mol. The summed E-state index contributed by atoms with van der Waals surface area (Å²) < 4.78 is 7.72. The van der Waals surface area contributed by atoms with Crippen LogP contribution in [-0.4, -0.2) is 14.9 Å². The molecule has 3 rings (SSSR count). The van der Waals surface area contributed by atoms with Gasteiger partial charge in [0.25, 0.3) is 0 Å². The third-order valence-corrected chi connectivity index (χ3v) is 3.40. The lowest BCUT2D eigenvalue weighted by Gasteiger charge is -2.12. The smallest absolute Gasteiger partial charge is 0.152 e. The Balaban J connectivity index is 1.81. The van der Waals surface area contributed by atoms with E-state index in [4.69, 9.17) is 4.42 Å². The Morgan fingerprint density at radius 3 is 2.55 bits per heavy atom. The summed E-state index contributed by atoms with van der Waals surface area (Å²) in [6, 6.07) is 8.09. The molecule has 0 aliphatic heterocycles. The van der Waals surface area contributed by atoms with E-state index >= 15 is 0 Å². The minimum Gasteiger partial charge on any atom is -0.460 e. The number of hydrogen-bond donors (Lipinski definition) is 2. The summed E-state index contributed by atoms with van der Waals surface area (Å²) in [5, 5.41) is 7.12. The molecule has 5 heteroatoms. The fourth-order valence-corrected chi connectivity index (χ4v) is 2.31. The van der Waals surface area contributed by atoms with Crippen molar-refractivity contribution in [2.75, 3.05) is 5.43 Å². The highest BCUT2D eigenvalue weighted by Crippen LogP contribution is 2.23. The number of nitrogens with zero attached hydrogens (tertiary/aromatic N) is 2. The number of hydrogen-bond acceptors (Lipinski definition) is 3. The second-order valence-electron chi connectivity index (χ2n) is 4.97. The summed E-state index contributed by atoms with van der Waals surface area (Å²) in [5.41, 5.74) is 7.76. The zero-order valence-electron chi connectivity index (χ0n) is 11.9. The first-order chi connectivity index (χ1) is 9.65. The van der Waals surface area contributed by atoms with Gasteiger partial charge in [0.05, 0.1) is 12.7 Å². The van der Waals surface area contributed by atoms with E-state index < -0.39 is 0 Å². The van der Waals surface area contributed by atoms with Gasteiger partial charge in [0, 0.05) is 17.0 Å². The van der Waals surface area contributed by atoms with Crippen molar-refractivity contribution in [2.24, 2.45) is 0 Å². The predicted molar refractivity (Wildman–Crippen MR) is 78.0 cm³/mol. The third-order valence-electron chi connectivity index (χ3n) is 3.40. The largest absolute Gasteiger partial charge is 0.460 e. The number of aryl methyl sites for hydroxylation is 3. The molecule has 20 heavy (non-hydrogen) atoms. The Kier molecular flexibility index (Phi) is 3.10. The van der Waals surface area contributed by atoms with Crippen molar-refractivity contribution in [3.8, 4) is 11.5 Å². The number of aromatic nitrogens is 3. The number of aromatic amines is 1. The summed E-state index contributed by atoms with van der Waals surface area (Å²) >= 11 is 0. The van der Waals surface area contributed by atoms with Crippen molar-refractivity contribution in [3.63, 3.8) is 0 Å². The molecule has 0 amide bonds. The van der Waals surface area contributed by atoms with Gasteiger partial charge in [-0.3, -0.25) is 9.77 Å². The number of H-pyrrole nitrogens is 1. The van der Waals surface area contributed by atoms with Crippen LogP contribution in [0.1, 0.15) is 22.7 Å². The van der Waals surface area contributed by atoms with E-state index in [0.29, 0.717) is 6.54 Å². The molecule has 0 aliphatic carbocycles. The van der Waals surface area contributed by atoms with Gasteiger partial charge in [-0.25, -0.2) is 0 Å². The van der Waals surface area contributed by atoms with Gasteiger partial charge in [0.2, 0.25) is 0 Å². The number of nitrogens with one attached hydrogen (secondary N) is 2. The first kappa shape index (κ1) is 12.6. The molecule has 0 saturated carbocycles. The first-order valence-corrected chi connectivity index (χ1v) is 6.63. The van der Waals surface area contributed by atoms with Gasteiger partial charge in [-0.1, -0.05) is 0 Å². The zero-order chi connectivity index (χ0) is 14.1. The van der Waals surface area contributed by atoms with E-state index in [0.717, 1.165) is 22.8 Å². The van der Waals surface area contributed by atoms with E-state index in [2.05, 4.69) is 46.3 Å². The maximum atomic E-state index is 5.65. The second kappa shape index (κ2) is 4.92. The maximum absolute atomic E-state index is 5.65. The van der Waals surface area contributed by atoms with Crippen LogP contribution in [0, 0.1) is 20.8 Å². The number of furan rings is 1. The fraction of sp³-hybridized carbons (Fsp3) is 0.267. The molecule has 3 aromatic heterocycles. The maximum Gasteiger partial charge on any atom is 0.152 e. The van der Waals surface area contributed by atoms with Crippen LogP contribution in [0.3, 0.4) is 0 Å². The van der Waals surface area contributed by atoms with Gasteiger partial charge >= 0.3 is 0 Å². The highest BCUT2D eigenvalue weighted by molar-refractivity contribution is 5.56. The lowest BCUT2D eigenvalue weighted by molar-refractivity contribution is 0.545. The van der Waals surface area contributed by atoms with Crippen LogP contribution in [0.15, 0.2) is 34.9 Å². The van der Waals surface area contributed by atoms with Crippen LogP contribution in [0.5, 0.6) is 0 Å². The van der Waals surface area contributed by atoms with Gasteiger partial charge in [-0.05, 0) is 45.0 Å². The Morgan fingerprint density at radius 2 is 1.90 bits per heavy atom. The number of rotatable bonds is 4. The first-order valence-electron chi connectivity index (χ1n) is 6.63. The van der Waals surface area contributed by atoms with Crippen LogP contribution in [0.25, 0.3) is 11.5 Å². The summed E-state index contributed by atoms with van der Waals surface area (Å²) in [6.07, 6.45) is 1.83. The van der Waals surface area contributed by atoms with Crippen molar-refractivity contribution in [3.05, 3.63) is 53.2 Å². The molecule has 3 heterocycles. The van der Waals surface area contributed by atoms with Crippen molar-refractivity contribution >= 4 is 0 Å². The van der Waals surface area contributed by atoms with Gasteiger partial charge in [0.15, 0.2) is 5.76 Å². The standard InChI is InChI=1S/C15H18N4O/c1-10-4-5-11(2)19(10)17-9-13-8-16-18-15(13)14-7-6-12(3)20-14/h4-8,17H,9H2,1-3H3,(H,16,18). The minimum atomic E-state index is 0.682. The summed E-state index contributed by atoms with van der Waals surface area (Å²) in [6.45, 7) is 6.77. The Morgan fingerprint density at radius 1 is 1.15 bits per heavy atom. The molecule has 0 aliphatic rings. The summed E-state index contributed by atoms with van der Waals surface area (Å²) in [4.78, 5) is 0. The van der Waals surface area contributed by atoms with Crippen molar-refractivity contribution in [1.29, 1.82) is 0 Å². The van der Waals surface area contributed by atoms with Crippen molar-refractivity contribution in [1.82, 2.24) is 14.9 Å². The zero-order valence-corrected chi connectivity index (χ0v) is 11.9. The summed E-state index contributed by atoms with van der Waals surface area (Å²) in [7, 11) is 0. The monoisotopic (exact) mass is 270 g/mol. The highest BCUT2D eigenvalue weighted by Gasteiger charge is 2.11. The van der Waals surface area contributed by atoms with E-state index in [1.54, 1.807) is 0 Å². The molecular weight excluding hydrogens is 252 g/mol. The molecule has 0 aromatic carbocycles. The molecule has 0 spiro atoms. The SMILES string of the molecule is Cc1ccc(-c2[nH]ncc2CNn2c(C)ccc2C)o1. The molecule has 0 atom stereocenters. The molecule has 0 fully saturated rings. The van der Waals surface area contributed by atoms with Crippen LogP contribution >= 0.6 is 0 Å². The molecule has 104 valence electrons. The van der Waals surface area contributed by atoms with E-state index in [9.17, 15) is 0 Å². The van der Waals surface area contributed by atoms with Crippen molar-refractivity contribution < 1.29 is 4.42 Å². The normalized spacial score (nSPS) is 10.9. The van der Waals surface area contributed by atoms with Gasteiger partial charge in [-0.15, -0.1) is 0 Å². The molecule has 0 unspecified atom stereocenters. The lowest BCUT2D eigenvalue weighted by Crippen LogP contribution is -2.16. The molecule has 3 aromatic rings. The van der Waals surface area contributed by atoms with Gasteiger partial charge in [0.1, 0.15) is 11.5 Å². The van der Waals surface area contributed by atoms with Crippen molar-refractivity contribution in [2.45, 2.75) is 27.3 Å². The van der Waals surface area contributed by atoms with Crippen LogP contribution in [0.2, 0.25) is 0 Å². The Hall–Kier alpha value is -2.43. The third kappa shape index (κ3) is 2.22. The lowest BCUT2D eigenvalue weighted by atomic mass is 10.2. The minimum absolute atomic E-state index is 0.682. The average Bonchev–Trinajstić information content (AvgIpc) is 3.10. The fourth-order valence-electron chi connectivity index (χ4n) is 2.31. The Labute approximate surface area is 117 Å². The quantitative estimate of drug-likeness (QED) is 0.765. The second-order valence-corrected chi connectivity index (χ2v) is 4.97. The molecular formula is C15H18N4O. The van der Waals surface area contributed by atoms with Gasteiger partial charge < -0.3 is 9.84 Å². The Bertz CT molecular complexity index is 700.